The van der Waals surface area contributed by atoms with E-state index in [9.17, 15) is 14.7 Å². The van der Waals surface area contributed by atoms with E-state index in [1.165, 1.54) is 7.05 Å². The van der Waals surface area contributed by atoms with Crippen molar-refractivity contribution in [2.45, 2.75) is 6.04 Å². The Labute approximate surface area is 206 Å². The number of benzene rings is 3. The molecule has 0 unspecified atom stereocenters. The molecule has 8 heteroatoms. The number of anilines is 1. The highest BCUT2D eigenvalue weighted by molar-refractivity contribution is 5.99. The first-order valence-electron chi connectivity index (χ1n) is 11.5. The number of ether oxygens (including phenoxy) is 1. The highest BCUT2D eigenvalue weighted by Gasteiger charge is 2.34. The van der Waals surface area contributed by atoms with Gasteiger partial charge in [0.15, 0.2) is 0 Å². The first-order chi connectivity index (χ1) is 17.4. The Bertz CT molecular complexity index is 1760. The number of phenolic OH excluding ortho intramolecular Hbond substituents is 1. The number of nitrogens with zero attached hydrogens (tertiary/aromatic N) is 3. The normalized spacial score (nSPS) is 14.2. The number of rotatable bonds is 3. The number of phenols is 1. The molecule has 0 amide bonds. The fourth-order valence-corrected chi connectivity index (χ4v) is 5.16. The zero-order valence-electron chi connectivity index (χ0n) is 20.0. The van der Waals surface area contributed by atoms with E-state index >= 15 is 0 Å². The number of hydrogen-bond acceptors (Lipinski definition) is 5. The molecule has 0 spiro atoms. The summed E-state index contributed by atoms with van der Waals surface area (Å²) < 4.78 is 10.1. The van der Waals surface area contributed by atoms with Crippen molar-refractivity contribution in [1.29, 1.82) is 0 Å². The van der Waals surface area contributed by atoms with Crippen molar-refractivity contribution in [3.8, 4) is 28.4 Å². The standard InChI is InChI=1S/C28H24N4O4/c1-30-25-22(27(34)31(2)28(30)35)24(17-10-14-19(36-3)15-11-17)32-21-7-5-4-6-20(21)29-23(26(25)32)16-8-12-18(33)13-9-16/h4-15,23,29,33H,1-3H3/t23-/m1/s1. The van der Waals surface area contributed by atoms with Gasteiger partial charge in [0.25, 0.3) is 5.56 Å². The van der Waals surface area contributed by atoms with Crippen molar-refractivity contribution < 1.29 is 9.84 Å². The summed E-state index contributed by atoms with van der Waals surface area (Å²) in [6.45, 7) is 0. The van der Waals surface area contributed by atoms with Crippen LogP contribution in [0.4, 0.5) is 5.69 Å². The molecule has 0 saturated carbocycles. The van der Waals surface area contributed by atoms with Gasteiger partial charge in [-0.25, -0.2) is 4.79 Å². The first-order valence-corrected chi connectivity index (χ1v) is 11.5. The number of fused-ring (bicyclic) bond motifs is 5. The van der Waals surface area contributed by atoms with Crippen LogP contribution in [-0.2, 0) is 14.1 Å². The lowest BCUT2D eigenvalue weighted by Gasteiger charge is -2.31. The molecule has 0 saturated heterocycles. The Morgan fingerprint density at radius 3 is 2.28 bits per heavy atom. The van der Waals surface area contributed by atoms with E-state index in [-0.39, 0.29) is 17.4 Å². The maximum Gasteiger partial charge on any atom is 0.331 e. The minimum Gasteiger partial charge on any atom is -0.508 e. The maximum absolute atomic E-state index is 13.7. The summed E-state index contributed by atoms with van der Waals surface area (Å²) >= 11 is 0. The summed E-state index contributed by atoms with van der Waals surface area (Å²) in [6.07, 6.45) is 0. The van der Waals surface area contributed by atoms with Gasteiger partial charge in [-0.05, 0) is 59.7 Å². The first kappa shape index (κ1) is 21.8. The van der Waals surface area contributed by atoms with E-state index in [2.05, 4.69) is 9.88 Å². The molecule has 0 fully saturated rings. The molecule has 0 aliphatic carbocycles. The number of aryl methyl sites for hydroxylation is 1. The number of hydrogen-bond donors (Lipinski definition) is 2. The van der Waals surface area contributed by atoms with Gasteiger partial charge in [0.05, 0.1) is 46.8 Å². The van der Waals surface area contributed by atoms with Crippen LogP contribution in [0.25, 0.3) is 27.8 Å². The third-order valence-electron chi connectivity index (χ3n) is 6.92. The van der Waals surface area contributed by atoms with Crippen LogP contribution in [0.2, 0.25) is 0 Å². The predicted molar refractivity (Wildman–Crippen MR) is 139 cm³/mol. The molecule has 2 aromatic heterocycles. The minimum absolute atomic E-state index is 0.162. The third kappa shape index (κ3) is 3.00. The Balaban J connectivity index is 1.83. The lowest BCUT2D eigenvalue weighted by atomic mass is 9.99. The van der Waals surface area contributed by atoms with Crippen molar-refractivity contribution in [2.24, 2.45) is 14.1 Å². The van der Waals surface area contributed by atoms with Gasteiger partial charge >= 0.3 is 5.69 Å². The monoisotopic (exact) mass is 480 g/mol. The average molecular weight is 481 g/mol. The number of methoxy groups -OCH3 is 1. The summed E-state index contributed by atoms with van der Waals surface area (Å²) in [7, 11) is 4.80. The smallest absolute Gasteiger partial charge is 0.331 e. The van der Waals surface area contributed by atoms with E-state index in [1.54, 1.807) is 30.9 Å². The van der Waals surface area contributed by atoms with Gasteiger partial charge in [-0.15, -0.1) is 0 Å². The van der Waals surface area contributed by atoms with E-state index < -0.39 is 5.69 Å². The van der Waals surface area contributed by atoms with E-state index in [4.69, 9.17) is 4.74 Å². The Kier molecular flexibility index (Phi) is 4.79. The Morgan fingerprint density at radius 1 is 0.889 bits per heavy atom. The van der Waals surface area contributed by atoms with E-state index in [0.29, 0.717) is 22.3 Å². The molecule has 8 nitrogen and oxygen atoms in total. The second-order valence-corrected chi connectivity index (χ2v) is 8.91. The molecule has 3 heterocycles. The lowest BCUT2D eigenvalue weighted by Crippen LogP contribution is -2.37. The van der Waals surface area contributed by atoms with Gasteiger partial charge in [0.2, 0.25) is 0 Å². The zero-order valence-corrected chi connectivity index (χ0v) is 20.0. The largest absolute Gasteiger partial charge is 0.508 e. The van der Waals surface area contributed by atoms with Crippen LogP contribution in [0.3, 0.4) is 0 Å². The molecular weight excluding hydrogens is 456 g/mol. The molecule has 3 aromatic carbocycles. The second-order valence-electron chi connectivity index (χ2n) is 8.91. The van der Waals surface area contributed by atoms with Crippen molar-refractivity contribution >= 4 is 16.6 Å². The van der Waals surface area contributed by atoms with Crippen LogP contribution in [0.15, 0.2) is 82.4 Å². The van der Waals surface area contributed by atoms with Crippen molar-refractivity contribution in [1.82, 2.24) is 13.7 Å². The van der Waals surface area contributed by atoms with Crippen molar-refractivity contribution in [3.63, 3.8) is 0 Å². The molecule has 1 aliphatic rings. The molecule has 6 rings (SSSR count). The molecular formula is C28H24N4O4. The highest BCUT2D eigenvalue weighted by atomic mass is 16.5. The molecule has 1 atom stereocenters. The van der Waals surface area contributed by atoms with Crippen LogP contribution in [0.1, 0.15) is 17.3 Å². The van der Waals surface area contributed by atoms with Gasteiger partial charge < -0.3 is 19.7 Å². The van der Waals surface area contributed by atoms with Gasteiger partial charge in [0, 0.05) is 14.1 Å². The van der Waals surface area contributed by atoms with E-state index in [1.807, 2.05) is 60.7 Å². The zero-order chi connectivity index (χ0) is 25.1. The lowest BCUT2D eigenvalue weighted by molar-refractivity contribution is 0.415. The van der Waals surface area contributed by atoms with Gasteiger partial charge in [-0.2, -0.15) is 0 Å². The van der Waals surface area contributed by atoms with Crippen LogP contribution < -0.4 is 21.3 Å². The van der Waals surface area contributed by atoms with Crippen LogP contribution in [-0.4, -0.2) is 25.9 Å². The van der Waals surface area contributed by atoms with Gasteiger partial charge in [-0.1, -0.05) is 24.3 Å². The van der Waals surface area contributed by atoms with Crippen LogP contribution in [0, 0.1) is 0 Å². The highest BCUT2D eigenvalue weighted by Crippen LogP contribution is 2.45. The van der Waals surface area contributed by atoms with Gasteiger partial charge in [0.1, 0.15) is 11.5 Å². The summed E-state index contributed by atoms with van der Waals surface area (Å²) in [6, 6.07) is 22.0. The molecule has 0 radical (unpaired) electrons. The number of aromatic hydroxyl groups is 1. The number of nitrogens with one attached hydrogen (secondary N) is 1. The SMILES string of the molecule is COc1ccc(-c2c3c(=O)n(C)c(=O)n(C)c3c3n2-c2ccccc2N[C@@H]3c2ccc(O)cc2)cc1. The molecule has 180 valence electrons. The second kappa shape index (κ2) is 7.91. The topological polar surface area (TPSA) is 90.4 Å². The van der Waals surface area contributed by atoms with E-state index in [0.717, 1.165) is 32.8 Å². The Hall–Kier alpha value is -4.72. The fourth-order valence-electron chi connectivity index (χ4n) is 5.16. The van der Waals surface area contributed by atoms with Crippen LogP contribution in [0.5, 0.6) is 11.5 Å². The molecule has 5 aromatic rings. The Morgan fingerprint density at radius 2 is 1.58 bits per heavy atom. The van der Waals surface area contributed by atoms with Gasteiger partial charge in [-0.3, -0.25) is 13.9 Å². The molecule has 36 heavy (non-hydrogen) atoms. The summed E-state index contributed by atoms with van der Waals surface area (Å²) in [5.74, 6) is 0.869. The number of para-hydroxylation sites is 2. The predicted octanol–water partition coefficient (Wildman–Crippen LogP) is 3.92. The quantitative estimate of drug-likeness (QED) is 0.409. The molecule has 1 aliphatic heterocycles. The van der Waals surface area contributed by atoms with Crippen LogP contribution >= 0.6 is 0 Å². The molecule has 2 N–H and O–H groups in total. The van der Waals surface area contributed by atoms with Crippen molar-refractivity contribution in [2.75, 3.05) is 12.4 Å². The average Bonchev–Trinajstić information content (AvgIpc) is 3.27. The fraction of sp³-hybridized carbons (Fsp3) is 0.143. The summed E-state index contributed by atoms with van der Waals surface area (Å²) in [4.78, 5) is 26.8. The summed E-state index contributed by atoms with van der Waals surface area (Å²) in [5, 5.41) is 14.0. The number of aromatic nitrogens is 3. The maximum atomic E-state index is 13.7. The minimum atomic E-state index is -0.398. The molecule has 0 bridgehead atoms. The third-order valence-corrected chi connectivity index (χ3v) is 6.92. The van der Waals surface area contributed by atoms with Crippen molar-refractivity contribution in [3.05, 3.63) is 105 Å². The summed E-state index contributed by atoms with van der Waals surface area (Å²) in [5.41, 5.74) is 4.76.